The average Bonchev–Trinajstić information content (AvgIpc) is 2.63. The monoisotopic (exact) mass is 266 g/mol. The van der Waals surface area contributed by atoms with Crippen LogP contribution in [0.25, 0.3) is 0 Å². The minimum atomic E-state index is 0.553. The zero-order chi connectivity index (χ0) is 13.0. The molecular weight excluding hydrogens is 244 g/mol. The van der Waals surface area contributed by atoms with Crippen molar-refractivity contribution in [3.63, 3.8) is 0 Å². The molecule has 1 fully saturated rings. The lowest BCUT2D eigenvalue weighted by molar-refractivity contribution is 0.459. The largest absolute Gasteiger partial charge is 0.370 e. The molecule has 18 heavy (non-hydrogen) atoms. The van der Waals surface area contributed by atoms with Crippen LogP contribution >= 0.6 is 11.6 Å². The molecule has 0 aliphatic carbocycles. The second kappa shape index (κ2) is 6.44. The summed E-state index contributed by atoms with van der Waals surface area (Å²) < 4.78 is 0. The van der Waals surface area contributed by atoms with Gasteiger partial charge in [0.2, 0.25) is 0 Å². The van der Waals surface area contributed by atoms with E-state index in [-0.39, 0.29) is 0 Å². The number of benzene rings is 1. The van der Waals surface area contributed by atoms with Crippen LogP contribution in [0.3, 0.4) is 0 Å². The number of anilines is 1. The van der Waals surface area contributed by atoms with Crippen LogP contribution in [0.15, 0.2) is 18.2 Å². The molecule has 0 aromatic heterocycles. The number of halogens is 1. The molecule has 0 amide bonds. The maximum absolute atomic E-state index is 6.37. The molecule has 2 nitrogen and oxygen atoms in total. The molecule has 3 heteroatoms. The fourth-order valence-electron chi connectivity index (χ4n) is 2.75. The summed E-state index contributed by atoms with van der Waals surface area (Å²) in [5.41, 5.74) is 7.91. The highest BCUT2D eigenvalue weighted by Gasteiger charge is 2.17. The quantitative estimate of drug-likeness (QED) is 0.901. The van der Waals surface area contributed by atoms with E-state index < -0.39 is 0 Å². The molecule has 2 rings (SSSR count). The summed E-state index contributed by atoms with van der Waals surface area (Å²) in [6, 6.07) is 6.21. The van der Waals surface area contributed by atoms with Gasteiger partial charge in [-0.2, -0.15) is 0 Å². The van der Waals surface area contributed by atoms with Crippen molar-refractivity contribution in [1.29, 1.82) is 0 Å². The van der Waals surface area contributed by atoms with Crippen LogP contribution in [-0.2, 0) is 6.54 Å². The topological polar surface area (TPSA) is 29.3 Å². The summed E-state index contributed by atoms with van der Waals surface area (Å²) in [6.45, 7) is 5.10. The van der Waals surface area contributed by atoms with Gasteiger partial charge in [-0.1, -0.05) is 31.0 Å². The lowest BCUT2D eigenvalue weighted by Gasteiger charge is -2.24. The first-order chi connectivity index (χ1) is 8.74. The van der Waals surface area contributed by atoms with Crippen molar-refractivity contribution in [2.24, 2.45) is 11.7 Å². The highest BCUT2D eigenvalue weighted by atomic mass is 35.5. The van der Waals surface area contributed by atoms with Crippen LogP contribution in [0.2, 0.25) is 5.02 Å². The Morgan fingerprint density at radius 1 is 1.33 bits per heavy atom. The maximum atomic E-state index is 6.37. The molecule has 1 saturated heterocycles. The van der Waals surface area contributed by atoms with Crippen molar-refractivity contribution in [2.75, 3.05) is 18.0 Å². The third-order valence-corrected chi connectivity index (χ3v) is 4.32. The van der Waals surface area contributed by atoms with Crippen molar-refractivity contribution in [3.8, 4) is 0 Å². The Balaban J connectivity index is 2.11. The zero-order valence-corrected chi connectivity index (χ0v) is 11.9. The molecule has 0 saturated carbocycles. The highest BCUT2D eigenvalue weighted by molar-refractivity contribution is 6.33. The van der Waals surface area contributed by atoms with E-state index in [4.69, 9.17) is 17.3 Å². The van der Waals surface area contributed by atoms with Crippen molar-refractivity contribution < 1.29 is 0 Å². The third-order valence-electron chi connectivity index (χ3n) is 4.01. The minimum Gasteiger partial charge on any atom is -0.370 e. The summed E-state index contributed by atoms with van der Waals surface area (Å²) in [6.07, 6.45) is 5.21. The zero-order valence-electron chi connectivity index (χ0n) is 11.2. The van der Waals surface area contributed by atoms with Gasteiger partial charge in [0.15, 0.2) is 0 Å². The normalized spacial score (nSPS) is 20.8. The molecule has 2 N–H and O–H groups in total. The summed E-state index contributed by atoms with van der Waals surface area (Å²) in [4.78, 5) is 2.43. The molecule has 100 valence electrons. The molecule has 1 aromatic rings. The van der Waals surface area contributed by atoms with E-state index in [2.05, 4.69) is 24.0 Å². The number of nitrogens with zero attached hydrogens (tertiary/aromatic N) is 1. The predicted molar refractivity (Wildman–Crippen MR) is 79.2 cm³/mol. The van der Waals surface area contributed by atoms with Gasteiger partial charge in [0, 0.05) is 19.6 Å². The SMILES string of the molecule is CCC1CCCN(c2ccc(CN)cc2Cl)CC1. The first-order valence-corrected chi connectivity index (χ1v) is 7.35. The summed E-state index contributed by atoms with van der Waals surface area (Å²) >= 11 is 6.37. The van der Waals surface area contributed by atoms with Gasteiger partial charge in [-0.25, -0.2) is 0 Å². The van der Waals surface area contributed by atoms with E-state index in [1.165, 1.54) is 31.4 Å². The molecule has 1 aliphatic rings. The van der Waals surface area contributed by atoms with Gasteiger partial charge in [0.25, 0.3) is 0 Å². The summed E-state index contributed by atoms with van der Waals surface area (Å²) in [5.74, 6) is 0.886. The van der Waals surface area contributed by atoms with Gasteiger partial charge >= 0.3 is 0 Å². The molecule has 1 unspecified atom stereocenters. The van der Waals surface area contributed by atoms with Crippen LogP contribution in [0.4, 0.5) is 5.69 Å². The van der Waals surface area contributed by atoms with Gasteiger partial charge in [-0.3, -0.25) is 0 Å². The Morgan fingerprint density at radius 3 is 2.83 bits per heavy atom. The Bertz CT molecular complexity index is 392. The van der Waals surface area contributed by atoms with Crippen molar-refractivity contribution in [1.82, 2.24) is 0 Å². The van der Waals surface area contributed by atoms with Gasteiger partial charge < -0.3 is 10.6 Å². The van der Waals surface area contributed by atoms with Crippen LogP contribution in [0.1, 0.15) is 38.2 Å². The van der Waals surface area contributed by atoms with Gasteiger partial charge in [-0.05, 0) is 42.9 Å². The third kappa shape index (κ3) is 3.18. The first kappa shape index (κ1) is 13.7. The van der Waals surface area contributed by atoms with Crippen LogP contribution in [-0.4, -0.2) is 13.1 Å². The Hall–Kier alpha value is -0.730. The predicted octanol–water partition coefficient (Wildman–Crippen LogP) is 3.82. The Morgan fingerprint density at radius 2 is 2.17 bits per heavy atom. The number of rotatable bonds is 3. The molecule has 1 heterocycles. The first-order valence-electron chi connectivity index (χ1n) is 6.98. The minimum absolute atomic E-state index is 0.553. The van der Waals surface area contributed by atoms with Crippen LogP contribution < -0.4 is 10.6 Å². The van der Waals surface area contributed by atoms with E-state index in [9.17, 15) is 0 Å². The van der Waals surface area contributed by atoms with E-state index in [0.717, 1.165) is 29.6 Å². The molecule has 1 aromatic carbocycles. The van der Waals surface area contributed by atoms with Gasteiger partial charge in [0.05, 0.1) is 10.7 Å². The van der Waals surface area contributed by atoms with Crippen molar-refractivity contribution in [3.05, 3.63) is 28.8 Å². The lowest BCUT2D eigenvalue weighted by atomic mass is 9.98. The number of hydrogen-bond donors (Lipinski definition) is 1. The Labute approximate surface area is 115 Å². The maximum Gasteiger partial charge on any atom is 0.0642 e. The smallest absolute Gasteiger partial charge is 0.0642 e. The number of nitrogens with two attached hydrogens (primary N) is 1. The van der Waals surface area contributed by atoms with Gasteiger partial charge in [-0.15, -0.1) is 0 Å². The fraction of sp³-hybridized carbons (Fsp3) is 0.600. The Kier molecular flexibility index (Phi) is 4.90. The molecule has 0 radical (unpaired) electrons. The molecule has 0 bridgehead atoms. The summed E-state index contributed by atoms with van der Waals surface area (Å²) in [7, 11) is 0. The molecule has 0 spiro atoms. The second-order valence-electron chi connectivity index (χ2n) is 5.18. The molecule has 1 aliphatic heterocycles. The summed E-state index contributed by atoms with van der Waals surface area (Å²) in [5, 5.41) is 0.841. The molecular formula is C15H23ClN2. The van der Waals surface area contributed by atoms with Crippen molar-refractivity contribution in [2.45, 2.75) is 39.2 Å². The van der Waals surface area contributed by atoms with E-state index in [1.807, 2.05) is 6.07 Å². The van der Waals surface area contributed by atoms with Gasteiger partial charge in [0.1, 0.15) is 0 Å². The second-order valence-corrected chi connectivity index (χ2v) is 5.59. The van der Waals surface area contributed by atoms with Crippen LogP contribution in [0.5, 0.6) is 0 Å². The van der Waals surface area contributed by atoms with E-state index in [1.54, 1.807) is 0 Å². The van der Waals surface area contributed by atoms with E-state index >= 15 is 0 Å². The lowest BCUT2D eigenvalue weighted by Crippen LogP contribution is -2.24. The highest BCUT2D eigenvalue weighted by Crippen LogP contribution is 2.30. The standard InChI is InChI=1S/C15H23ClN2/c1-2-12-4-3-8-18(9-7-12)15-6-5-13(11-17)10-14(15)16/h5-6,10,12H,2-4,7-9,11,17H2,1H3. The fourth-order valence-corrected chi connectivity index (χ4v) is 3.07. The van der Waals surface area contributed by atoms with Crippen LogP contribution in [0, 0.1) is 5.92 Å². The molecule has 1 atom stereocenters. The van der Waals surface area contributed by atoms with E-state index in [0.29, 0.717) is 6.54 Å². The average molecular weight is 267 g/mol. The number of hydrogen-bond acceptors (Lipinski definition) is 2. The van der Waals surface area contributed by atoms with Crippen molar-refractivity contribution >= 4 is 17.3 Å².